The van der Waals surface area contributed by atoms with Crippen LogP contribution < -0.4 is 26.4 Å². The fourth-order valence-corrected chi connectivity index (χ4v) is 4.49. The average Bonchev–Trinajstić information content (AvgIpc) is 3.36. The zero-order valence-corrected chi connectivity index (χ0v) is 19.4. The molecule has 1 unspecified atom stereocenters. The first-order valence-electron chi connectivity index (χ1n) is 11.6. The number of primary amides is 1. The van der Waals surface area contributed by atoms with Crippen molar-refractivity contribution in [2.24, 2.45) is 17.6 Å². The number of fused-ring (bicyclic) bond motifs is 1. The first kappa shape index (κ1) is 23.6. The van der Waals surface area contributed by atoms with Crippen molar-refractivity contribution >= 4 is 34.5 Å². The van der Waals surface area contributed by atoms with Gasteiger partial charge in [-0.15, -0.1) is 0 Å². The number of hydrogen-bond donors (Lipinski definition) is 5. The van der Waals surface area contributed by atoms with Gasteiger partial charge in [0.15, 0.2) is 0 Å². The fourth-order valence-electron chi connectivity index (χ4n) is 4.49. The predicted octanol–water partition coefficient (Wildman–Crippen LogP) is 0.961. The lowest BCUT2D eigenvalue weighted by Crippen LogP contribution is -2.60. The standard InChI is InChI=1S/C24H31N5O5/c1-24(23(25)33,12-14-8-9-26-20(14)30)29-22(32)17(10-13-6-7-13)28-21(31)18-11-15-16(27-18)4-3-5-19(15)34-2/h3-5,11,13-14,17,27H,6-10,12H2,1-2H3,(H2,25,33)(H,26,30)(H,28,31)(H,29,32)/t14?,17-,24-/m0/s1. The van der Waals surface area contributed by atoms with Crippen LogP contribution in [0.3, 0.4) is 0 Å². The van der Waals surface area contributed by atoms with E-state index < -0.39 is 35.2 Å². The van der Waals surface area contributed by atoms with E-state index >= 15 is 0 Å². The zero-order valence-electron chi connectivity index (χ0n) is 19.4. The van der Waals surface area contributed by atoms with Crippen LogP contribution >= 0.6 is 0 Å². The van der Waals surface area contributed by atoms with E-state index in [1.54, 1.807) is 19.2 Å². The summed E-state index contributed by atoms with van der Waals surface area (Å²) in [4.78, 5) is 53.7. The van der Waals surface area contributed by atoms with Crippen molar-refractivity contribution < 1.29 is 23.9 Å². The number of aromatic amines is 1. The average molecular weight is 470 g/mol. The van der Waals surface area contributed by atoms with E-state index in [9.17, 15) is 19.2 Å². The van der Waals surface area contributed by atoms with Gasteiger partial charge in [-0.3, -0.25) is 19.2 Å². The van der Waals surface area contributed by atoms with Crippen LogP contribution in [0.5, 0.6) is 5.75 Å². The lowest BCUT2D eigenvalue weighted by molar-refractivity contribution is -0.134. The molecule has 0 bridgehead atoms. The summed E-state index contributed by atoms with van der Waals surface area (Å²) in [6.45, 7) is 2.06. The first-order valence-corrected chi connectivity index (χ1v) is 11.6. The van der Waals surface area contributed by atoms with Gasteiger partial charge < -0.3 is 31.4 Å². The molecule has 1 aromatic carbocycles. The Morgan fingerprint density at radius 3 is 2.65 bits per heavy atom. The molecule has 1 aromatic heterocycles. The molecule has 2 aliphatic rings. The van der Waals surface area contributed by atoms with E-state index in [4.69, 9.17) is 10.5 Å². The number of nitrogens with one attached hydrogen (secondary N) is 4. The number of aromatic nitrogens is 1. The molecule has 1 aliphatic carbocycles. The Kier molecular flexibility index (Phi) is 6.49. The number of hydrogen-bond acceptors (Lipinski definition) is 5. The third-order valence-electron chi connectivity index (χ3n) is 6.74. The molecule has 3 atom stereocenters. The zero-order chi connectivity index (χ0) is 24.5. The van der Waals surface area contributed by atoms with E-state index in [0.29, 0.717) is 36.7 Å². The molecule has 1 saturated carbocycles. The highest BCUT2D eigenvalue weighted by atomic mass is 16.5. The van der Waals surface area contributed by atoms with Crippen molar-refractivity contribution in [3.05, 3.63) is 30.0 Å². The lowest BCUT2D eigenvalue weighted by atomic mass is 9.86. The Morgan fingerprint density at radius 1 is 1.26 bits per heavy atom. The topological polar surface area (TPSA) is 155 Å². The van der Waals surface area contributed by atoms with Gasteiger partial charge in [0.25, 0.3) is 5.91 Å². The molecule has 10 heteroatoms. The second-order valence-electron chi connectivity index (χ2n) is 9.48. The van der Waals surface area contributed by atoms with Gasteiger partial charge in [0.1, 0.15) is 23.0 Å². The number of rotatable bonds is 10. The Labute approximate surface area is 197 Å². The highest BCUT2D eigenvalue weighted by Gasteiger charge is 2.41. The normalized spacial score (nSPS) is 20.3. The number of carbonyl (C=O) groups excluding carboxylic acids is 4. The van der Waals surface area contributed by atoms with Crippen molar-refractivity contribution in [3.63, 3.8) is 0 Å². The second-order valence-corrected chi connectivity index (χ2v) is 9.48. The van der Waals surface area contributed by atoms with Crippen LogP contribution in [-0.4, -0.2) is 53.8 Å². The fraction of sp³-hybridized carbons (Fsp3) is 0.500. The maximum Gasteiger partial charge on any atom is 0.268 e. The highest BCUT2D eigenvalue weighted by Crippen LogP contribution is 2.34. The predicted molar refractivity (Wildman–Crippen MR) is 125 cm³/mol. The first-order chi connectivity index (χ1) is 16.2. The van der Waals surface area contributed by atoms with E-state index in [-0.39, 0.29) is 12.3 Å². The largest absolute Gasteiger partial charge is 0.496 e. The summed E-state index contributed by atoms with van der Waals surface area (Å²) in [5, 5.41) is 9.04. The molecule has 4 amide bonds. The minimum atomic E-state index is -1.41. The Bertz CT molecular complexity index is 1120. The van der Waals surface area contributed by atoms with Crippen LogP contribution in [0.1, 0.15) is 49.5 Å². The number of ether oxygens (including phenoxy) is 1. The van der Waals surface area contributed by atoms with Crippen LogP contribution in [0.15, 0.2) is 24.3 Å². The minimum absolute atomic E-state index is 0.103. The summed E-state index contributed by atoms with van der Waals surface area (Å²) in [7, 11) is 1.56. The van der Waals surface area contributed by atoms with Gasteiger partial charge in [0.05, 0.1) is 7.11 Å². The van der Waals surface area contributed by atoms with Crippen molar-refractivity contribution in [1.82, 2.24) is 20.9 Å². The lowest BCUT2D eigenvalue weighted by Gasteiger charge is -2.31. The molecule has 4 rings (SSSR count). The van der Waals surface area contributed by atoms with Gasteiger partial charge in [-0.25, -0.2) is 0 Å². The van der Waals surface area contributed by atoms with Gasteiger partial charge in [-0.2, -0.15) is 0 Å². The van der Waals surface area contributed by atoms with Crippen LogP contribution in [0.4, 0.5) is 0 Å². The number of nitrogens with two attached hydrogens (primary N) is 1. The van der Waals surface area contributed by atoms with Gasteiger partial charge in [-0.05, 0) is 50.3 Å². The molecular formula is C24H31N5O5. The molecule has 2 heterocycles. The maximum atomic E-state index is 13.3. The molecule has 1 saturated heterocycles. The summed E-state index contributed by atoms with van der Waals surface area (Å²) >= 11 is 0. The van der Waals surface area contributed by atoms with E-state index in [0.717, 1.165) is 23.7 Å². The van der Waals surface area contributed by atoms with Crippen molar-refractivity contribution in [3.8, 4) is 5.75 Å². The van der Waals surface area contributed by atoms with Crippen molar-refractivity contribution in [1.29, 1.82) is 0 Å². The van der Waals surface area contributed by atoms with E-state index in [1.807, 2.05) is 12.1 Å². The van der Waals surface area contributed by atoms with Crippen LogP contribution in [-0.2, 0) is 14.4 Å². The molecule has 1 aliphatic heterocycles. The summed E-state index contributed by atoms with van der Waals surface area (Å²) in [5.74, 6) is -1.25. The maximum absolute atomic E-state index is 13.3. The summed E-state index contributed by atoms with van der Waals surface area (Å²) < 4.78 is 5.35. The minimum Gasteiger partial charge on any atom is -0.496 e. The molecule has 2 aromatic rings. The molecular weight excluding hydrogens is 438 g/mol. The molecule has 0 spiro atoms. The van der Waals surface area contributed by atoms with Gasteiger partial charge in [0, 0.05) is 23.4 Å². The van der Waals surface area contributed by atoms with Gasteiger partial charge in [0.2, 0.25) is 17.7 Å². The number of H-pyrrole nitrogens is 1. The molecule has 2 fully saturated rings. The highest BCUT2D eigenvalue weighted by molar-refractivity contribution is 6.02. The monoisotopic (exact) mass is 469 g/mol. The Morgan fingerprint density at radius 2 is 2.03 bits per heavy atom. The third-order valence-corrected chi connectivity index (χ3v) is 6.74. The molecule has 6 N–H and O–H groups in total. The van der Waals surface area contributed by atoms with Crippen LogP contribution in [0.2, 0.25) is 0 Å². The molecule has 10 nitrogen and oxygen atoms in total. The summed E-state index contributed by atoms with van der Waals surface area (Å²) in [5.41, 5.74) is 5.26. The number of amides is 4. The Hall–Kier alpha value is -3.56. The Balaban J connectivity index is 1.50. The molecule has 0 radical (unpaired) electrons. The number of methoxy groups -OCH3 is 1. The summed E-state index contributed by atoms with van der Waals surface area (Å²) in [6.07, 6.45) is 3.10. The summed E-state index contributed by atoms with van der Waals surface area (Å²) in [6, 6.07) is 6.29. The van der Waals surface area contributed by atoms with Crippen molar-refractivity contribution in [2.45, 2.75) is 50.6 Å². The van der Waals surface area contributed by atoms with Crippen LogP contribution in [0, 0.1) is 11.8 Å². The van der Waals surface area contributed by atoms with Gasteiger partial charge >= 0.3 is 0 Å². The second kappa shape index (κ2) is 9.36. The quantitative estimate of drug-likeness (QED) is 0.350. The molecule has 34 heavy (non-hydrogen) atoms. The number of benzene rings is 1. The third kappa shape index (κ3) is 5.00. The van der Waals surface area contributed by atoms with Crippen LogP contribution in [0.25, 0.3) is 10.9 Å². The van der Waals surface area contributed by atoms with E-state index in [1.165, 1.54) is 6.92 Å². The van der Waals surface area contributed by atoms with Crippen molar-refractivity contribution in [2.75, 3.05) is 13.7 Å². The smallest absolute Gasteiger partial charge is 0.268 e. The molecule has 182 valence electrons. The van der Waals surface area contributed by atoms with E-state index in [2.05, 4.69) is 20.9 Å². The SMILES string of the molecule is COc1cccc2[nH]c(C(=O)N[C@@H](CC3CC3)C(=O)N[C@@](C)(CC3CCNC3=O)C(N)=O)cc12. The number of carbonyl (C=O) groups is 4. The van der Waals surface area contributed by atoms with Gasteiger partial charge in [-0.1, -0.05) is 18.9 Å².